The van der Waals surface area contributed by atoms with Gasteiger partial charge in [0.2, 0.25) is 0 Å². The molecule has 0 radical (unpaired) electrons. The van der Waals surface area contributed by atoms with Crippen LogP contribution >= 0.6 is 0 Å². The quantitative estimate of drug-likeness (QED) is 0.571. The lowest BCUT2D eigenvalue weighted by molar-refractivity contribution is -0.180. The van der Waals surface area contributed by atoms with Gasteiger partial charge in [-0.15, -0.1) is 0 Å². The van der Waals surface area contributed by atoms with Gasteiger partial charge in [0, 0.05) is 27.2 Å². The molecule has 20 heavy (non-hydrogen) atoms. The van der Waals surface area contributed by atoms with Crippen LogP contribution in [0.5, 0.6) is 0 Å². The molecule has 0 aromatic carbocycles. The molecule has 6 nitrogen and oxygen atoms in total. The van der Waals surface area contributed by atoms with Crippen LogP contribution in [0.2, 0.25) is 0 Å². The van der Waals surface area contributed by atoms with Crippen molar-refractivity contribution in [2.75, 3.05) is 0 Å². The van der Waals surface area contributed by atoms with Gasteiger partial charge in [0.1, 0.15) is 6.10 Å². The molecule has 0 aliphatic heterocycles. The highest BCUT2D eigenvalue weighted by atomic mass is 16.6. The van der Waals surface area contributed by atoms with Crippen LogP contribution in [0.4, 0.5) is 0 Å². The Labute approximate surface area is 117 Å². The highest BCUT2D eigenvalue weighted by Crippen LogP contribution is 2.27. The number of hydrogen-bond donors (Lipinski definition) is 0. The molecule has 6 heteroatoms. The minimum atomic E-state index is -0.857. The first kappa shape index (κ1) is 15.9. The number of carbonyl (C=O) groups is 3. The Morgan fingerprint density at radius 1 is 1.10 bits per heavy atom. The Kier molecular flexibility index (Phi) is 5.49. The Bertz CT molecular complexity index is 451. The predicted octanol–water partition coefficient (Wildman–Crippen LogP) is 1.30. The van der Waals surface area contributed by atoms with Gasteiger partial charge < -0.3 is 14.2 Å². The fourth-order valence-electron chi connectivity index (χ4n) is 2.03. The lowest BCUT2D eigenvalue weighted by Gasteiger charge is -2.34. The fraction of sp³-hybridized carbons (Fsp3) is 0.500. The van der Waals surface area contributed by atoms with Crippen molar-refractivity contribution >= 4 is 17.9 Å². The maximum atomic E-state index is 11.2. The lowest BCUT2D eigenvalue weighted by atomic mass is 9.91. The monoisotopic (exact) mass is 282 g/mol. The highest BCUT2D eigenvalue weighted by molar-refractivity contribution is 5.68. The van der Waals surface area contributed by atoms with Crippen LogP contribution < -0.4 is 0 Å². The van der Waals surface area contributed by atoms with Crippen LogP contribution in [0, 0.1) is 0 Å². The first-order chi connectivity index (χ1) is 9.33. The summed E-state index contributed by atoms with van der Waals surface area (Å²) in [5, 5.41) is 0. The van der Waals surface area contributed by atoms with Gasteiger partial charge in [-0.25, -0.2) is 0 Å². The smallest absolute Gasteiger partial charge is 0.303 e. The highest BCUT2D eigenvalue weighted by Gasteiger charge is 2.39. The van der Waals surface area contributed by atoms with Gasteiger partial charge in [0.15, 0.2) is 12.2 Å². The van der Waals surface area contributed by atoms with Crippen molar-refractivity contribution in [3.05, 3.63) is 24.3 Å². The molecular weight excluding hydrogens is 264 g/mol. The van der Waals surface area contributed by atoms with Crippen LogP contribution in [0.15, 0.2) is 24.3 Å². The van der Waals surface area contributed by atoms with E-state index in [9.17, 15) is 14.4 Å². The molecule has 0 unspecified atom stereocenters. The maximum Gasteiger partial charge on any atom is 0.303 e. The summed E-state index contributed by atoms with van der Waals surface area (Å²) < 4.78 is 15.4. The van der Waals surface area contributed by atoms with Crippen molar-refractivity contribution < 1.29 is 28.6 Å². The largest absolute Gasteiger partial charge is 0.458 e. The van der Waals surface area contributed by atoms with Crippen LogP contribution in [0.1, 0.15) is 27.2 Å². The minimum Gasteiger partial charge on any atom is -0.458 e. The van der Waals surface area contributed by atoms with Crippen LogP contribution in [-0.2, 0) is 28.6 Å². The van der Waals surface area contributed by atoms with Gasteiger partial charge in [-0.3, -0.25) is 14.4 Å². The van der Waals surface area contributed by atoms with Crippen LogP contribution in [0.3, 0.4) is 0 Å². The molecule has 3 atom stereocenters. The molecule has 1 rings (SSSR count). The molecule has 0 N–H and O–H groups in total. The van der Waals surface area contributed by atoms with Gasteiger partial charge in [-0.1, -0.05) is 12.7 Å². The molecule has 1 aliphatic carbocycles. The molecule has 1 aliphatic rings. The second kappa shape index (κ2) is 6.88. The topological polar surface area (TPSA) is 78.9 Å². The molecule has 0 aromatic heterocycles. The van der Waals surface area contributed by atoms with Gasteiger partial charge >= 0.3 is 17.9 Å². The maximum absolute atomic E-state index is 11.2. The van der Waals surface area contributed by atoms with Gasteiger partial charge in [-0.2, -0.15) is 0 Å². The summed E-state index contributed by atoms with van der Waals surface area (Å²) in [4.78, 5) is 33.5. The van der Waals surface area contributed by atoms with Crippen molar-refractivity contribution in [3.8, 4) is 0 Å². The third-order valence-corrected chi connectivity index (χ3v) is 2.69. The molecular formula is C14H18O6. The van der Waals surface area contributed by atoms with Crippen molar-refractivity contribution in [2.45, 2.75) is 45.5 Å². The third kappa shape index (κ3) is 4.53. The average molecular weight is 282 g/mol. The van der Waals surface area contributed by atoms with Crippen LogP contribution in [0.25, 0.3) is 0 Å². The molecule has 0 bridgehead atoms. The summed E-state index contributed by atoms with van der Waals surface area (Å²) in [6.07, 6.45) is 1.20. The van der Waals surface area contributed by atoms with Gasteiger partial charge in [0.25, 0.3) is 0 Å². The third-order valence-electron chi connectivity index (χ3n) is 2.69. The molecule has 0 aromatic rings. The number of ether oxygens (including phenoxy) is 3. The number of allylic oxidation sites excluding steroid dienone is 1. The van der Waals surface area contributed by atoms with E-state index in [2.05, 4.69) is 6.58 Å². The Hall–Kier alpha value is -2.11. The Morgan fingerprint density at radius 2 is 1.65 bits per heavy atom. The Morgan fingerprint density at radius 3 is 2.10 bits per heavy atom. The molecule has 110 valence electrons. The van der Waals surface area contributed by atoms with E-state index in [1.807, 2.05) is 0 Å². The second-order valence-corrected chi connectivity index (χ2v) is 4.45. The van der Waals surface area contributed by atoms with Gasteiger partial charge in [0.05, 0.1) is 0 Å². The van der Waals surface area contributed by atoms with Gasteiger partial charge in [-0.05, 0) is 11.6 Å². The SMILES string of the molecule is C=CC1=C[C@@H](OC(C)=O)[C@H](OC(C)=O)[C@@H](OC(C)=O)C1. The Balaban J connectivity index is 3.05. The molecule has 0 fully saturated rings. The van der Waals surface area contributed by atoms with E-state index < -0.39 is 36.2 Å². The van der Waals surface area contributed by atoms with E-state index in [-0.39, 0.29) is 0 Å². The first-order valence-electron chi connectivity index (χ1n) is 6.18. The molecule has 0 amide bonds. The number of rotatable bonds is 4. The summed E-state index contributed by atoms with van der Waals surface area (Å²) in [5.41, 5.74) is 0.755. The zero-order valence-corrected chi connectivity index (χ0v) is 11.8. The summed E-state index contributed by atoms with van der Waals surface area (Å²) in [5.74, 6) is -1.56. The van der Waals surface area contributed by atoms with E-state index >= 15 is 0 Å². The summed E-state index contributed by atoms with van der Waals surface area (Å²) in [6, 6.07) is 0. The van der Waals surface area contributed by atoms with E-state index in [1.165, 1.54) is 20.8 Å². The number of hydrogen-bond acceptors (Lipinski definition) is 6. The summed E-state index contributed by atoms with van der Waals surface area (Å²) in [6.45, 7) is 7.39. The minimum absolute atomic E-state index is 0.346. The fourth-order valence-corrected chi connectivity index (χ4v) is 2.03. The number of carbonyl (C=O) groups excluding carboxylic acids is 3. The van der Waals surface area contributed by atoms with E-state index in [4.69, 9.17) is 14.2 Å². The normalized spacial score (nSPS) is 25.1. The first-order valence-corrected chi connectivity index (χ1v) is 6.18. The van der Waals surface area contributed by atoms with E-state index in [0.29, 0.717) is 6.42 Å². The average Bonchev–Trinajstić information content (AvgIpc) is 2.30. The van der Waals surface area contributed by atoms with E-state index in [1.54, 1.807) is 12.2 Å². The molecule has 0 saturated carbocycles. The van der Waals surface area contributed by atoms with E-state index in [0.717, 1.165) is 5.57 Å². The molecule has 0 heterocycles. The molecule has 0 saturated heterocycles. The summed E-state index contributed by atoms with van der Waals surface area (Å²) >= 11 is 0. The van der Waals surface area contributed by atoms with Crippen molar-refractivity contribution in [1.82, 2.24) is 0 Å². The van der Waals surface area contributed by atoms with Crippen LogP contribution in [-0.4, -0.2) is 36.2 Å². The lowest BCUT2D eigenvalue weighted by Crippen LogP contribution is -2.46. The predicted molar refractivity (Wildman–Crippen MR) is 69.6 cm³/mol. The zero-order chi connectivity index (χ0) is 15.3. The standard InChI is InChI=1S/C14H18O6/c1-5-11-6-12(18-8(2)15)14(20-10(4)17)13(7-11)19-9(3)16/h5-6,12-14H,1,7H2,2-4H3/t12-,13+,14+/m1/s1. The van der Waals surface area contributed by atoms with Crippen molar-refractivity contribution in [1.29, 1.82) is 0 Å². The molecule has 0 spiro atoms. The van der Waals surface area contributed by atoms with Crippen molar-refractivity contribution in [3.63, 3.8) is 0 Å². The summed E-state index contributed by atoms with van der Waals surface area (Å²) in [7, 11) is 0. The second-order valence-electron chi connectivity index (χ2n) is 4.45. The van der Waals surface area contributed by atoms with Crippen molar-refractivity contribution in [2.24, 2.45) is 0 Å². The number of esters is 3. The zero-order valence-electron chi connectivity index (χ0n) is 11.8.